The molecule has 1 aliphatic heterocycles. The zero-order chi connectivity index (χ0) is 17.1. The van der Waals surface area contributed by atoms with Gasteiger partial charge in [-0.05, 0) is 41.7 Å². The molecule has 4 nitrogen and oxygen atoms in total. The molecule has 0 bridgehead atoms. The fraction of sp³-hybridized carbons (Fsp3) is 0.263. The molecular weight excluding hydrogens is 370 g/mol. The molecule has 0 spiro atoms. The maximum Gasteiger partial charge on any atom is 0.331 e. The van der Waals surface area contributed by atoms with E-state index in [1.165, 1.54) is 4.90 Å². The third-order valence-electron chi connectivity index (χ3n) is 4.38. The quantitative estimate of drug-likeness (QED) is 0.871. The number of amides is 1. The fourth-order valence-electron chi connectivity index (χ4n) is 3.15. The molecule has 1 aliphatic rings. The highest BCUT2D eigenvalue weighted by molar-refractivity contribution is 9.10. The second kappa shape index (κ2) is 7.18. The summed E-state index contributed by atoms with van der Waals surface area (Å²) in [4.78, 5) is 25.9. The molecule has 1 N–H and O–H groups in total. The summed E-state index contributed by atoms with van der Waals surface area (Å²) in [5.74, 6) is -1.08. The number of carbonyl (C=O) groups excluding carboxylic acids is 1. The van der Waals surface area contributed by atoms with Gasteiger partial charge in [0.15, 0.2) is 6.04 Å². The normalized spacial score (nSPS) is 16.5. The Kier molecular flexibility index (Phi) is 5.00. The van der Waals surface area contributed by atoms with E-state index in [0.717, 1.165) is 21.2 Å². The van der Waals surface area contributed by atoms with Crippen molar-refractivity contribution in [3.63, 3.8) is 0 Å². The van der Waals surface area contributed by atoms with E-state index in [2.05, 4.69) is 15.9 Å². The first-order chi connectivity index (χ1) is 11.6. The molecule has 0 radical (unpaired) electrons. The van der Waals surface area contributed by atoms with Crippen molar-refractivity contribution < 1.29 is 14.7 Å². The molecule has 3 rings (SSSR count). The number of hydrogen-bond donors (Lipinski definition) is 1. The van der Waals surface area contributed by atoms with E-state index in [-0.39, 0.29) is 5.91 Å². The van der Waals surface area contributed by atoms with Gasteiger partial charge < -0.3 is 10.0 Å². The zero-order valence-corrected chi connectivity index (χ0v) is 14.7. The van der Waals surface area contributed by atoms with Crippen LogP contribution in [0.5, 0.6) is 0 Å². The minimum absolute atomic E-state index is 0.111. The lowest BCUT2D eigenvalue weighted by molar-refractivity contribution is -0.151. The average molecular weight is 388 g/mol. The maximum atomic E-state index is 12.6. The summed E-state index contributed by atoms with van der Waals surface area (Å²) in [5, 5.41) is 9.62. The van der Waals surface area contributed by atoms with Crippen LogP contribution in [0, 0.1) is 0 Å². The minimum atomic E-state index is -0.973. The van der Waals surface area contributed by atoms with Gasteiger partial charge in [0.25, 0.3) is 0 Å². The van der Waals surface area contributed by atoms with Crippen LogP contribution < -0.4 is 0 Å². The molecule has 2 aromatic rings. The molecule has 2 aromatic carbocycles. The van der Waals surface area contributed by atoms with E-state index < -0.39 is 12.0 Å². The number of carboxylic acid groups (broad SMARTS) is 1. The Balaban J connectivity index is 1.74. The molecule has 0 aromatic heterocycles. The largest absolute Gasteiger partial charge is 0.479 e. The molecule has 0 saturated heterocycles. The van der Waals surface area contributed by atoms with Crippen molar-refractivity contribution in [2.45, 2.75) is 25.3 Å². The Morgan fingerprint density at radius 3 is 2.54 bits per heavy atom. The van der Waals surface area contributed by atoms with Crippen molar-refractivity contribution in [3.8, 4) is 0 Å². The summed E-state index contributed by atoms with van der Waals surface area (Å²) < 4.78 is 0.996. The van der Waals surface area contributed by atoms with Crippen molar-refractivity contribution >= 4 is 27.8 Å². The van der Waals surface area contributed by atoms with Crippen LogP contribution in [0.4, 0.5) is 0 Å². The molecular formula is C19H18BrNO3. The molecule has 1 amide bonds. The number of carbonyl (C=O) groups is 2. The van der Waals surface area contributed by atoms with Gasteiger partial charge >= 0.3 is 5.97 Å². The van der Waals surface area contributed by atoms with E-state index in [0.29, 0.717) is 25.8 Å². The smallest absolute Gasteiger partial charge is 0.331 e. The van der Waals surface area contributed by atoms with Gasteiger partial charge in [-0.2, -0.15) is 0 Å². The summed E-state index contributed by atoms with van der Waals surface area (Å²) >= 11 is 3.39. The van der Waals surface area contributed by atoms with Crippen LogP contribution >= 0.6 is 15.9 Å². The molecule has 5 heteroatoms. The van der Waals surface area contributed by atoms with E-state index in [1.807, 2.05) is 48.5 Å². The van der Waals surface area contributed by atoms with Gasteiger partial charge in [0.1, 0.15) is 0 Å². The van der Waals surface area contributed by atoms with Crippen LogP contribution in [0.1, 0.15) is 29.2 Å². The van der Waals surface area contributed by atoms with Crippen LogP contribution in [0.15, 0.2) is 53.0 Å². The summed E-state index contributed by atoms with van der Waals surface area (Å²) in [5.41, 5.74) is 2.81. The standard InChI is InChI=1S/C19H18BrNO3/c20-15-8-5-13(6-9-15)7-10-17(22)21-12-11-14-3-1-2-4-16(14)18(21)19(23)24/h1-6,8-9,18H,7,10-12H2,(H,23,24). The lowest BCUT2D eigenvalue weighted by Crippen LogP contribution is -2.43. The third-order valence-corrected chi connectivity index (χ3v) is 4.91. The third kappa shape index (κ3) is 3.51. The Labute approximate surface area is 149 Å². The highest BCUT2D eigenvalue weighted by Crippen LogP contribution is 2.30. The van der Waals surface area contributed by atoms with Crippen molar-refractivity contribution in [3.05, 3.63) is 69.7 Å². The molecule has 0 aliphatic carbocycles. The van der Waals surface area contributed by atoms with Crippen LogP contribution in [0.25, 0.3) is 0 Å². The number of halogens is 1. The van der Waals surface area contributed by atoms with Crippen molar-refractivity contribution in [2.24, 2.45) is 0 Å². The molecule has 1 heterocycles. The Bertz CT molecular complexity index is 757. The van der Waals surface area contributed by atoms with Gasteiger partial charge in [0.05, 0.1) is 0 Å². The van der Waals surface area contributed by atoms with Crippen LogP contribution in [0.2, 0.25) is 0 Å². The molecule has 124 valence electrons. The SMILES string of the molecule is O=C(O)C1c2ccccc2CCN1C(=O)CCc1ccc(Br)cc1. The first-order valence-corrected chi connectivity index (χ1v) is 8.70. The number of nitrogens with zero attached hydrogens (tertiary/aromatic N) is 1. The van der Waals surface area contributed by atoms with E-state index >= 15 is 0 Å². The highest BCUT2D eigenvalue weighted by Gasteiger charge is 2.35. The van der Waals surface area contributed by atoms with E-state index in [1.54, 1.807) is 0 Å². The average Bonchev–Trinajstić information content (AvgIpc) is 2.59. The Morgan fingerprint density at radius 1 is 1.12 bits per heavy atom. The molecule has 1 unspecified atom stereocenters. The zero-order valence-electron chi connectivity index (χ0n) is 13.1. The molecule has 1 atom stereocenters. The lowest BCUT2D eigenvalue weighted by Gasteiger charge is -2.34. The van der Waals surface area contributed by atoms with Crippen LogP contribution in [0.3, 0.4) is 0 Å². The van der Waals surface area contributed by atoms with Gasteiger partial charge in [0.2, 0.25) is 5.91 Å². The van der Waals surface area contributed by atoms with Crippen molar-refractivity contribution in [1.29, 1.82) is 0 Å². The molecule has 0 fully saturated rings. The number of rotatable bonds is 4. The summed E-state index contributed by atoms with van der Waals surface area (Å²) in [6, 6.07) is 14.4. The molecule has 24 heavy (non-hydrogen) atoms. The lowest BCUT2D eigenvalue weighted by atomic mass is 9.92. The van der Waals surface area contributed by atoms with Gasteiger partial charge in [0, 0.05) is 17.4 Å². The monoisotopic (exact) mass is 387 g/mol. The highest BCUT2D eigenvalue weighted by atomic mass is 79.9. The predicted octanol–water partition coefficient (Wildman–Crippen LogP) is 3.59. The topological polar surface area (TPSA) is 57.6 Å². The fourth-order valence-corrected chi connectivity index (χ4v) is 3.41. The van der Waals surface area contributed by atoms with E-state index in [9.17, 15) is 14.7 Å². The predicted molar refractivity (Wildman–Crippen MR) is 94.7 cm³/mol. The number of aryl methyl sites for hydroxylation is 1. The summed E-state index contributed by atoms with van der Waals surface area (Å²) in [7, 11) is 0. The number of fused-ring (bicyclic) bond motifs is 1. The summed E-state index contributed by atoms with van der Waals surface area (Å²) in [6.07, 6.45) is 1.62. The number of aliphatic carboxylic acids is 1. The maximum absolute atomic E-state index is 12.6. The van der Waals surface area contributed by atoms with Gasteiger partial charge in [-0.1, -0.05) is 52.3 Å². The Morgan fingerprint density at radius 2 is 1.83 bits per heavy atom. The number of carboxylic acids is 1. The van der Waals surface area contributed by atoms with Crippen molar-refractivity contribution in [1.82, 2.24) is 4.90 Å². The van der Waals surface area contributed by atoms with Crippen LogP contribution in [-0.2, 0) is 22.4 Å². The minimum Gasteiger partial charge on any atom is -0.479 e. The second-order valence-electron chi connectivity index (χ2n) is 5.90. The van der Waals surface area contributed by atoms with Gasteiger partial charge in [-0.15, -0.1) is 0 Å². The second-order valence-corrected chi connectivity index (χ2v) is 6.82. The first kappa shape index (κ1) is 16.7. The van der Waals surface area contributed by atoms with E-state index in [4.69, 9.17) is 0 Å². The van der Waals surface area contributed by atoms with Crippen molar-refractivity contribution in [2.75, 3.05) is 6.54 Å². The number of benzene rings is 2. The number of hydrogen-bond acceptors (Lipinski definition) is 2. The first-order valence-electron chi connectivity index (χ1n) is 7.91. The van der Waals surface area contributed by atoms with Gasteiger partial charge in [-0.3, -0.25) is 4.79 Å². The van der Waals surface area contributed by atoms with Crippen LogP contribution in [-0.4, -0.2) is 28.4 Å². The molecule has 0 saturated carbocycles. The summed E-state index contributed by atoms with van der Waals surface area (Å²) in [6.45, 7) is 0.452. The van der Waals surface area contributed by atoms with Gasteiger partial charge in [-0.25, -0.2) is 4.79 Å². The Hall–Kier alpha value is -2.14.